The second kappa shape index (κ2) is 5.19. The van der Waals surface area contributed by atoms with E-state index >= 15 is 0 Å². The van der Waals surface area contributed by atoms with Crippen LogP contribution in [0.2, 0.25) is 0 Å². The van der Waals surface area contributed by atoms with Crippen molar-refractivity contribution in [3.8, 4) is 0 Å². The number of rotatable bonds is 4. The molecule has 1 aliphatic carbocycles. The molecule has 4 heteroatoms. The molecule has 2 rings (SSSR count). The fourth-order valence-electron chi connectivity index (χ4n) is 1.92. The topological polar surface area (TPSA) is 55.1 Å². The van der Waals surface area contributed by atoms with E-state index in [1.807, 2.05) is 25.1 Å². The van der Waals surface area contributed by atoms with Crippen molar-refractivity contribution >= 4 is 21.8 Å². The summed E-state index contributed by atoms with van der Waals surface area (Å²) in [5, 5.41) is 3.01. The minimum Gasteiger partial charge on any atom is -0.348 e. The van der Waals surface area contributed by atoms with E-state index in [4.69, 9.17) is 5.73 Å². The van der Waals surface area contributed by atoms with Gasteiger partial charge in [-0.05, 0) is 59.3 Å². The number of carbonyl (C=O) groups is 1. The summed E-state index contributed by atoms with van der Waals surface area (Å²) in [7, 11) is 0. The van der Waals surface area contributed by atoms with Crippen LogP contribution >= 0.6 is 15.9 Å². The highest BCUT2D eigenvalue weighted by molar-refractivity contribution is 9.10. The molecule has 3 N–H and O–H groups in total. The minimum absolute atomic E-state index is 0.0424. The number of nitrogens with one attached hydrogen (secondary N) is 1. The molecule has 17 heavy (non-hydrogen) atoms. The zero-order valence-electron chi connectivity index (χ0n) is 9.87. The van der Waals surface area contributed by atoms with E-state index < -0.39 is 0 Å². The summed E-state index contributed by atoms with van der Waals surface area (Å²) >= 11 is 3.42. The van der Waals surface area contributed by atoms with Gasteiger partial charge in [0.05, 0.1) is 5.56 Å². The van der Waals surface area contributed by atoms with Crippen LogP contribution in [0.1, 0.15) is 28.8 Å². The Morgan fingerprint density at radius 1 is 1.59 bits per heavy atom. The van der Waals surface area contributed by atoms with Gasteiger partial charge in [-0.3, -0.25) is 4.79 Å². The van der Waals surface area contributed by atoms with Crippen LogP contribution < -0.4 is 11.1 Å². The summed E-state index contributed by atoms with van der Waals surface area (Å²) in [5.74, 6) is 0.535. The van der Waals surface area contributed by atoms with Crippen molar-refractivity contribution in [3.05, 3.63) is 33.8 Å². The highest BCUT2D eigenvalue weighted by atomic mass is 79.9. The average Bonchev–Trinajstić information content (AvgIpc) is 3.09. The maximum absolute atomic E-state index is 12.1. The van der Waals surface area contributed by atoms with Crippen LogP contribution in [-0.4, -0.2) is 18.5 Å². The molecule has 1 aliphatic rings. The first-order valence-corrected chi connectivity index (χ1v) is 6.68. The third-order valence-electron chi connectivity index (χ3n) is 3.13. The molecule has 0 radical (unpaired) electrons. The van der Waals surface area contributed by atoms with Crippen LogP contribution in [0, 0.1) is 12.8 Å². The summed E-state index contributed by atoms with van der Waals surface area (Å²) in [5.41, 5.74) is 7.48. The third-order valence-corrected chi connectivity index (χ3v) is 3.79. The van der Waals surface area contributed by atoms with Crippen molar-refractivity contribution in [2.45, 2.75) is 25.8 Å². The lowest BCUT2D eigenvalue weighted by Crippen LogP contribution is -2.41. The minimum atomic E-state index is -0.0424. The van der Waals surface area contributed by atoms with Gasteiger partial charge in [-0.15, -0.1) is 0 Å². The molecule has 1 fully saturated rings. The molecule has 0 bridgehead atoms. The fourth-order valence-corrected chi connectivity index (χ4v) is 2.59. The molecule has 3 nitrogen and oxygen atoms in total. The second-order valence-corrected chi connectivity index (χ2v) is 5.49. The molecular weight excluding hydrogens is 280 g/mol. The number of amides is 1. The predicted octanol–water partition coefficient (Wildman–Crippen LogP) is 2.22. The van der Waals surface area contributed by atoms with E-state index in [9.17, 15) is 4.79 Å². The van der Waals surface area contributed by atoms with Crippen molar-refractivity contribution in [1.82, 2.24) is 5.32 Å². The molecule has 1 amide bonds. The van der Waals surface area contributed by atoms with E-state index in [0.29, 0.717) is 18.0 Å². The zero-order valence-corrected chi connectivity index (χ0v) is 11.5. The Kier molecular flexibility index (Phi) is 3.84. The summed E-state index contributed by atoms with van der Waals surface area (Å²) in [4.78, 5) is 12.1. The summed E-state index contributed by atoms with van der Waals surface area (Å²) in [6.45, 7) is 2.51. The van der Waals surface area contributed by atoms with Gasteiger partial charge in [-0.2, -0.15) is 0 Å². The lowest BCUT2D eigenvalue weighted by Gasteiger charge is -2.16. The third kappa shape index (κ3) is 3.07. The molecule has 1 aromatic carbocycles. The van der Waals surface area contributed by atoms with Gasteiger partial charge >= 0.3 is 0 Å². The Bertz CT molecular complexity index is 429. The summed E-state index contributed by atoms with van der Waals surface area (Å²) < 4.78 is 0.835. The van der Waals surface area contributed by atoms with Crippen LogP contribution in [0.25, 0.3) is 0 Å². The van der Waals surface area contributed by atoms with Crippen LogP contribution in [0.5, 0.6) is 0 Å². The molecule has 0 heterocycles. The number of halogens is 1. The lowest BCUT2D eigenvalue weighted by molar-refractivity contribution is 0.0932. The number of hydrogen-bond donors (Lipinski definition) is 2. The van der Waals surface area contributed by atoms with Crippen LogP contribution in [0.3, 0.4) is 0 Å². The van der Waals surface area contributed by atoms with Gasteiger partial charge in [0.2, 0.25) is 0 Å². The SMILES string of the molecule is Cc1ccc(C(=O)NC(CN)C2CC2)c(Br)c1. The van der Waals surface area contributed by atoms with Gasteiger partial charge in [0.25, 0.3) is 5.91 Å². The molecule has 0 saturated heterocycles. The van der Waals surface area contributed by atoms with E-state index in [1.54, 1.807) is 0 Å². The quantitative estimate of drug-likeness (QED) is 0.895. The van der Waals surface area contributed by atoms with Crippen molar-refractivity contribution < 1.29 is 4.79 Å². The number of hydrogen-bond acceptors (Lipinski definition) is 2. The van der Waals surface area contributed by atoms with Gasteiger partial charge < -0.3 is 11.1 Å². The molecule has 1 atom stereocenters. The van der Waals surface area contributed by atoms with E-state index in [-0.39, 0.29) is 11.9 Å². The highest BCUT2D eigenvalue weighted by Gasteiger charge is 2.31. The van der Waals surface area contributed by atoms with Crippen molar-refractivity contribution in [2.24, 2.45) is 11.7 Å². The number of carbonyl (C=O) groups excluding carboxylic acids is 1. The van der Waals surface area contributed by atoms with E-state index in [1.165, 1.54) is 12.8 Å². The molecule has 1 saturated carbocycles. The van der Waals surface area contributed by atoms with Crippen molar-refractivity contribution in [1.29, 1.82) is 0 Å². The monoisotopic (exact) mass is 296 g/mol. The maximum Gasteiger partial charge on any atom is 0.252 e. The number of benzene rings is 1. The van der Waals surface area contributed by atoms with Crippen molar-refractivity contribution in [3.63, 3.8) is 0 Å². The zero-order chi connectivity index (χ0) is 12.4. The first-order chi connectivity index (χ1) is 8.11. The van der Waals surface area contributed by atoms with Gasteiger partial charge in [-0.25, -0.2) is 0 Å². The smallest absolute Gasteiger partial charge is 0.252 e. The van der Waals surface area contributed by atoms with Gasteiger partial charge in [0.15, 0.2) is 0 Å². The van der Waals surface area contributed by atoms with Gasteiger partial charge in [0.1, 0.15) is 0 Å². The Morgan fingerprint density at radius 3 is 2.82 bits per heavy atom. The maximum atomic E-state index is 12.1. The van der Waals surface area contributed by atoms with E-state index in [0.717, 1.165) is 10.0 Å². The van der Waals surface area contributed by atoms with Crippen LogP contribution in [0.4, 0.5) is 0 Å². The first-order valence-electron chi connectivity index (χ1n) is 5.89. The molecule has 1 aromatic rings. The number of nitrogens with two attached hydrogens (primary N) is 1. The first kappa shape index (κ1) is 12.6. The molecule has 92 valence electrons. The summed E-state index contributed by atoms with van der Waals surface area (Å²) in [6.07, 6.45) is 2.36. The number of aryl methyl sites for hydroxylation is 1. The van der Waals surface area contributed by atoms with Crippen molar-refractivity contribution in [2.75, 3.05) is 6.54 Å². The predicted molar refractivity (Wildman–Crippen MR) is 71.9 cm³/mol. The van der Waals surface area contributed by atoms with Gasteiger partial charge in [-0.1, -0.05) is 6.07 Å². The average molecular weight is 297 g/mol. The molecular formula is C13H17BrN2O. The largest absolute Gasteiger partial charge is 0.348 e. The normalized spacial score (nSPS) is 16.6. The molecule has 0 aliphatic heterocycles. The van der Waals surface area contributed by atoms with Crippen LogP contribution in [-0.2, 0) is 0 Å². The summed E-state index contributed by atoms with van der Waals surface area (Å²) in [6, 6.07) is 5.85. The second-order valence-electron chi connectivity index (χ2n) is 4.64. The molecule has 0 spiro atoms. The molecule has 0 aromatic heterocycles. The Labute approximate surface area is 110 Å². The molecule has 1 unspecified atom stereocenters. The van der Waals surface area contributed by atoms with Crippen LogP contribution in [0.15, 0.2) is 22.7 Å². The highest BCUT2D eigenvalue weighted by Crippen LogP contribution is 2.32. The van der Waals surface area contributed by atoms with E-state index in [2.05, 4.69) is 21.2 Å². The van der Waals surface area contributed by atoms with Gasteiger partial charge in [0, 0.05) is 17.1 Å². The Balaban J connectivity index is 2.08. The Hall–Kier alpha value is -0.870. The fraction of sp³-hybridized carbons (Fsp3) is 0.462. The standard InChI is InChI=1S/C13H17BrN2O/c1-8-2-5-10(11(14)6-8)13(17)16-12(7-15)9-3-4-9/h2,5-6,9,12H,3-4,7,15H2,1H3,(H,16,17). The Morgan fingerprint density at radius 2 is 2.29 bits per heavy atom. The lowest BCUT2D eigenvalue weighted by atomic mass is 10.1.